The molecule has 6 nitrogen and oxygen atoms in total. The van der Waals surface area contributed by atoms with Gasteiger partial charge in [0.1, 0.15) is 0 Å². The Labute approximate surface area is 154 Å². The van der Waals surface area contributed by atoms with E-state index in [-0.39, 0.29) is 11.9 Å². The van der Waals surface area contributed by atoms with E-state index in [4.69, 9.17) is 12.2 Å². The Hall–Kier alpha value is -1.99. The highest BCUT2D eigenvalue weighted by molar-refractivity contribution is 7.80. The number of aromatic hydroxyl groups is 1. The summed E-state index contributed by atoms with van der Waals surface area (Å²) in [6.07, 6.45) is 0. The molecule has 2 rings (SSSR count). The molecule has 7 heteroatoms. The number of fused-ring (bicyclic) bond motifs is 1. The predicted octanol–water partition coefficient (Wildman–Crippen LogP) is 2.64. The fourth-order valence-electron chi connectivity index (χ4n) is 2.84. The summed E-state index contributed by atoms with van der Waals surface area (Å²) in [4.78, 5) is 1.49. The third kappa shape index (κ3) is 4.76. The number of rotatable bonds is 7. The number of azo groups is 1. The Bertz CT molecular complexity index is 749. The molecular weight excluding hydrogens is 334 g/mol. The van der Waals surface area contributed by atoms with Gasteiger partial charge in [-0.3, -0.25) is 0 Å². The van der Waals surface area contributed by atoms with Crippen LogP contribution in [0.4, 0.5) is 5.69 Å². The zero-order valence-electron chi connectivity index (χ0n) is 15.4. The number of likely N-dealkylation sites (N-methyl/N-ethyl adjacent to an activating group) is 1. The van der Waals surface area contributed by atoms with Gasteiger partial charge in [-0.25, -0.2) is 0 Å². The van der Waals surface area contributed by atoms with Crippen LogP contribution in [0.2, 0.25) is 0 Å². The molecule has 25 heavy (non-hydrogen) atoms. The summed E-state index contributed by atoms with van der Waals surface area (Å²) in [5.74, 6) is 0.142. The molecule has 0 aliphatic carbocycles. The van der Waals surface area contributed by atoms with Gasteiger partial charge in [0, 0.05) is 11.4 Å². The molecule has 0 atom stereocenters. The smallest absolute Gasteiger partial charge is 0.220 e. The monoisotopic (exact) mass is 362 g/mol. The van der Waals surface area contributed by atoms with Crippen molar-refractivity contribution in [2.75, 3.05) is 19.6 Å². The zero-order valence-corrected chi connectivity index (χ0v) is 16.2. The fraction of sp³-hybridized carbons (Fsp3) is 0.500. The van der Waals surface area contributed by atoms with E-state index in [1.54, 1.807) is 0 Å². The molecule has 0 radical (unpaired) electrons. The summed E-state index contributed by atoms with van der Waals surface area (Å²) in [5.41, 5.74) is 1.43. The first-order chi connectivity index (χ1) is 12.0. The van der Waals surface area contributed by atoms with Gasteiger partial charge in [0.05, 0.1) is 31.7 Å². The topological polar surface area (TPSA) is 66.3 Å². The average Bonchev–Trinajstić information content (AvgIpc) is 2.85. The Balaban J connectivity index is 2.33. The summed E-state index contributed by atoms with van der Waals surface area (Å²) in [6, 6.07) is 8.04. The maximum atomic E-state index is 10.7. The van der Waals surface area contributed by atoms with Gasteiger partial charge >= 0.3 is 0 Å². The molecule has 0 bridgehead atoms. The lowest BCUT2D eigenvalue weighted by molar-refractivity contribution is -0.897. The van der Waals surface area contributed by atoms with Crippen LogP contribution < -0.4 is 10.2 Å². The molecule has 0 aliphatic heterocycles. The molecule has 0 amide bonds. The van der Waals surface area contributed by atoms with Gasteiger partial charge in [-0.05, 0) is 46.0 Å². The number of benzene rings is 1. The van der Waals surface area contributed by atoms with Crippen LogP contribution in [0.25, 0.3) is 10.9 Å². The van der Waals surface area contributed by atoms with Crippen molar-refractivity contribution in [1.29, 1.82) is 0 Å². The molecule has 1 aromatic carbocycles. The zero-order chi connectivity index (χ0) is 18.4. The summed E-state index contributed by atoms with van der Waals surface area (Å²) >= 11 is 5.16. The molecule has 0 saturated carbocycles. The Morgan fingerprint density at radius 1 is 1.28 bits per heavy atom. The largest absolute Gasteiger partial charge is 0.493 e. The van der Waals surface area contributed by atoms with E-state index in [2.05, 4.69) is 29.4 Å². The van der Waals surface area contributed by atoms with E-state index in [0.29, 0.717) is 10.8 Å². The van der Waals surface area contributed by atoms with Crippen molar-refractivity contribution < 1.29 is 10.0 Å². The van der Waals surface area contributed by atoms with Crippen LogP contribution in [-0.4, -0.2) is 40.5 Å². The number of quaternary nitrogens is 1. The van der Waals surface area contributed by atoms with Gasteiger partial charge in [0.2, 0.25) is 11.0 Å². The van der Waals surface area contributed by atoms with Gasteiger partial charge < -0.3 is 19.9 Å². The first-order valence-electron chi connectivity index (χ1n) is 8.83. The normalized spacial score (nSPS) is 11.9. The third-order valence-corrected chi connectivity index (χ3v) is 4.46. The van der Waals surface area contributed by atoms with E-state index in [1.807, 2.05) is 42.7 Å². The lowest BCUT2D eigenvalue weighted by Crippen LogP contribution is -3.11. The predicted molar refractivity (Wildman–Crippen MR) is 106 cm³/mol. The van der Waals surface area contributed by atoms with Crippen molar-refractivity contribution in [2.24, 2.45) is 10.2 Å². The Morgan fingerprint density at radius 2 is 1.96 bits per heavy atom. The molecule has 136 valence electrons. The minimum Gasteiger partial charge on any atom is -0.493 e. The number of hydrogen-bond acceptors (Lipinski definition) is 3. The first-order valence-corrected chi connectivity index (χ1v) is 9.24. The molecular formula is C18H28N5OS+. The van der Waals surface area contributed by atoms with Crippen molar-refractivity contribution in [3.63, 3.8) is 0 Å². The highest BCUT2D eigenvalue weighted by atomic mass is 32.1. The maximum absolute atomic E-state index is 10.7. The highest BCUT2D eigenvalue weighted by Crippen LogP contribution is 2.38. The summed E-state index contributed by atoms with van der Waals surface area (Å²) in [7, 11) is 0. The Morgan fingerprint density at radius 3 is 2.60 bits per heavy atom. The summed E-state index contributed by atoms with van der Waals surface area (Å²) < 4.78 is 1.91. The van der Waals surface area contributed by atoms with Gasteiger partial charge in [-0.15, -0.1) is 10.2 Å². The van der Waals surface area contributed by atoms with Crippen LogP contribution in [-0.2, 0) is 6.54 Å². The second-order valence-electron chi connectivity index (χ2n) is 6.35. The lowest BCUT2D eigenvalue weighted by atomic mass is 10.2. The van der Waals surface area contributed by atoms with Crippen molar-refractivity contribution in [3.05, 3.63) is 24.3 Å². The number of aromatic nitrogens is 1. The minimum atomic E-state index is 0.142. The van der Waals surface area contributed by atoms with Crippen LogP contribution in [0.5, 0.6) is 5.88 Å². The maximum Gasteiger partial charge on any atom is 0.220 e. The van der Waals surface area contributed by atoms with Crippen molar-refractivity contribution >= 4 is 33.9 Å². The van der Waals surface area contributed by atoms with E-state index in [9.17, 15) is 5.11 Å². The molecule has 0 aliphatic rings. The summed E-state index contributed by atoms with van der Waals surface area (Å²) in [5, 5.41) is 23.2. The quantitative estimate of drug-likeness (QED) is 0.524. The van der Waals surface area contributed by atoms with Crippen molar-refractivity contribution in [2.45, 2.75) is 40.3 Å². The number of para-hydroxylation sites is 1. The van der Waals surface area contributed by atoms with E-state index < -0.39 is 0 Å². The highest BCUT2D eigenvalue weighted by Gasteiger charge is 2.17. The number of thiocarbonyl (C=S) groups is 1. The van der Waals surface area contributed by atoms with Gasteiger partial charge in [0.15, 0.2) is 5.69 Å². The molecule has 2 aromatic rings. The van der Waals surface area contributed by atoms with Crippen LogP contribution in [0.1, 0.15) is 27.7 Å². The van der Waals surface area contributed by atoms with E-state index in [0.717, 1.165) is 37.1 Å². The molecule has 3 N–H and O–H groups in total. The van der Waals surface area contributed by atoms with Crippen molar-refractivity contribution in [1.82, 2.24) is 9.88 Å². The summed E-state index contributed by atoms with van der Waals surface area (Å²) in [6.45, 7) is 12.1. The fourth-order valence-corrected chi connectivity index (χ4v) is 3.12. The molecule has 0 spiro atoms. The van der Waals surface area contributed by atoms with Gasteiger partial charge in [-0.1, -0.05) is 18.2 Å². The van der Waals surface area contributed by atoms with Crippen LogP contribution in [0, 0.1) is 0 Å². The SMILES string of the molecule is CC[NH+](CC)CCn1c(O)c(N=NC(=S)NC(C)C)c2ccccc21. The second-order valence-corrected chi connectivity index (χ2v) is 6.74. The molecule has 1 heterocycles. The average molecular weight is 363 g/mol. The second kappa shape index (κ2) is 8.92. The van der Waals surface area contributed by atoms with Gasteiger partial charge in [0.25, 0.3) is 0 Å². The third-order valence-electron chi connectivity index (χ3n) is 4.26. The molecule has 0 saturated heterocycles. The lowest BCUT2D eigenvalue weighted by Gasteiger charge is -2.16. The minimum absolute atomic E-state index is 0.142. The van der Waals surface area contributed by atoms with Crippen LogP contribution in [0.15, 0.2) is 34.5 Å². The van der Waals surface area contributed by atoms with Crippen LogP contribution in [0.3, 0.4) is 0 Å². The number of hydrogen-bond donors (Lipinski definition) is 3. The number of nitrogens with one attached hydrogen (secondary N) is 2. The first kappa shape index (κ1) is 19.3. The van der Waals surface area contributed by atoms with Crippen molar-refractivity contribution in [3.8, 4) is 5.88 Å². The molecule has 0 fully saturated rings. The van der Waals surface area contributed by atoms with Crippen LogP contribution >= 0.6 is 12.2 Å². The number of nitrogens with zero attached hydrogens (tertiary/aromatic N) is 3. The van der Waals surface area contributed by atoms with Gasteiger partial charge in [-0.2, -0.15) is 0 Å². The Kier molecular flexibility index (Phi) is 6.90. The standard InChI is InChI=1S/C18H27N5OS/c1-5-22(6-2)11-12-23-15-10-8-7-9-14(15)16(17(23)24)20-21-18(25)19-13(3)4/h7-10,13,24H,5-6,11-12H2,1-4H3,(H,19,25)/p+1. The van der Waals surface area contributed by atoms with E-state index >= 15 is 0 Å². The molecule has 1 aromatic heterocycles. The molecule has 0 unspecified atom stereocenters. The van der Waals surface area contributed by atoms with E-state index in [1.165, 1.54) is 4.90 Å².